The fraction of sp³-hybridized carbons (Fsp3) is 0.414. The molecule has 0 aliphatic rings. The first-order valence-electron chi connectivity index (χ1n) is 12.2. The third-order valence-electron chi connectivity index (χ3n) is 5.97. The molecule has 186 valence electrons. The zero-order valence-electron chi connectivity index (χ0n) is 21.5. The predicted octanol–water partition coefficient (Wildman–Crippen LogP) is 5.31. The van der Waals surface area contributed by atoms with Crippen LogP contribution in [0.15, 0.2) is 64.0 Å². The van der Waals surface area contributed by atoms with Gasteiger partial charge in [-0.3, -0.25) is 14.4 Å². The zero-order valence-corrected chi connectivity index (χ0v) is 21.5. The lowest BCUT2D eigenvalue weighted by atomic mass is 9.94. The molecule has 0 atom stereocenters. The van der Waals surface area contributed by atoms with Crippen LogP contribution in [0.3, 0.4) is 0 Å². The van der Waals surface area contributed by atoms with Crippen LogP contribution in [0.4, 0.5) is 0 Å². The standard InChI is InChI=1S/C29H36N2O4/c1-6-7-15-30(28(34)29(3,4)5)19-26(32)31(17-22-11-9-8-10-12-22)18-23-20-35-25-14-13-21(2)16-24(25)27(23)33/h8-14,16,20H,6-7,15,17-19H2,1-5H3. The monoisotopic (exact) mass is 476 g/mol. The predicted molar refractivity (Wildman–Crippen MR) is 139 cm³/mol. The molecule has 0 N–H and O–H groups in total. The molecule has 0 aliphatic heterocycles. The molecular formula is C29H36N2O4. The number of hydrogen-bond acceptors (Lipinski definition) is 4. The molecule has 6 heteroatoms. The number of carbonyl (C=O) groups is 2. The Morgan fingerprint density at radius 2 is 1.69 bits per heavy atom. The molecule has 3 aromatic rings. The molecule has 0 aliphatic carbocycles. The van der Waals surface area contributed by atoms with Gasteiger partial charge in [-0.15, -0.1) is 0 Å². The third kappa shape index (κ3) is 6.81. The summed E-state index contributed by atoms with van der Waals surface area (Å²) in [4.78, 5) is 43.2. The molecule has 0 unspecified atom stereocenters. The highest BCUT2D eigenvalue weighted by molar-refractivity contribution is 5.87. The van der Waals surface area contributed by atoms with Crippen molar-refractivity contribution in [2.75, 3.05) is 13.1 Å². The van der Waals surface area contributed by atoms with Gasteiger partial charge in [0.1, 0.15) is 5.58 Å². The summed E-state index contributed by atoms with van der Waals surface area (Å²) in [6, 6.07) is 15.1. The molecule has 1 aromatic heterocycles. The molecule has 2 amide bonds. The Balaban J connectivity index is 1.92. The van der Waals surface area contributed by atoms with E-state index in [1.807, 2.05) is 70.2 Å². The molecule has 3 rings (SSSR count). The summed E-state index contributed by atoms with van der Waals surface area (Å²) in [5.41, 5.74) is 2.11. The van der Waals surface area contributed by atoms with Gasteiger partial charge in [0, 0.05) is 18.5 Å². The average Bonchev–Trinajstić information content (AvgIpc) is 2.82. The first kappa shape index (κ1) is 26.2. The highest BCUT2D eigenvalue weighted by Crippen LogP contribution is 2.19. The van der Waals surface area contributed by atoms with Crippen LogP contribution in [-0.2, 0) is 22.7 Å². The van der Waals surface area contributed by atoms with Gasteiger partial charge in [0.25, 0.3) is 0 Å². The molecule has 0 fully saturated rings. The Kier molecular flexibility index (Phi) is 8.49. The van der Waals surface area contributed by atoms with Gasteiger partial charge >= 0.3 is 0 Å². The number of rotatable bonds is 9. The maximum absolute atomic E-state index is 13.6. The Labute approximate surface area is 207 Å². The maximum atomic E-state index is 13.6. The summed E-state index contributed by atoms with van der Waals surface area (Å²) >= 11 is 0. The van der Waals surface area contributed by atoms with E-state index in [-0.39, 0.29) is 30.3 Å². The van der Waals surface area contributed by atoms with Crippen LogP contribution in [0, 0.1) is 12.3 Å². The average molecular weight is 477 g/mol. The SMILES string of the molecule is CCCCN(CC(=O)N(Cc1ccccc1)Cc1coc2ccc(C)cc2c1=O)C(=O)C(C)(C)C. The Morgan fingerprint density at radius 1 is 0.971 bits per heavy atom. The lowest BCUT2D eigenvalue weighted by molar-refractivity contribution is -0.146. The molecule has 6 nitrogen and oxygen atoms in total. The largest absolute Gasteiger partial charge is 0.464 e. The minimum absolute atomic E-state index is 0.0268. The number of nitrogens with zero attached hydrogens (tertiary/aromatic N) is 2. The van der Waals surface area contributed by atoms with Crippen molar-refractivity contribution in [1.29, 1.82) is 0 Å². The van der Waals surface area contributed by atoms with Crippen molar-refractivity contribution in [2.24, 2.45) is 5.41 Å². The van der Waals surface area contributed by atoms with Crippen LogP contribution in [0.25, 0.3) is 11.0 Å². The molecule has 1 heterocycles. The van der Waals surface area contributed by atoms with E-state index in [0.29, 0.717) is 29.6 Å². The van der Waals surface area contributed by atoms with E-state index in [9.17, 15) is 14.4 Å². The van der Waals surface area contributed by atoms with Crippen molar-refractivity contribution in [3.8, 4) is 0 Å². The maximum Gasteiger partial charge on any atom is 0.242 e. The number of benzene rings is 2. The topological polar surface area (TPSA) is 70.8 Å². The number of unbranched alkanes of at least 4 members (excludes halogenated alkanes) is 1. The van der Waals surface area contributed by atoms with Crippen molar-refractivity contribution in [2.45, 2.75) is 60.5 Å². The molecule has 35 heavy (non-hydrogen) atoms. The van der Waals surface area contributed by atoms with Gasteiger partial charge in [-0.05, 0) is 31.0 Å². The first-order valence-corrected chi connectivity index (χ1v) is 12.2. The van der Waals surface area contributed by atoms with Gasteiger partial charge in [0.05, 0.1) is 30.3 Å². The molecule has 0 saturated carbocycles. The van der Waals surface area contributed by atoms with E-state index in [1.54, 1.807) is 15.9 Å². The Bertz CT molecular complexity index is 1220. The smallest absolute Gasteiger partial charge is 0.242 e. The molecule has 0 spiro atoms. The Hall–Kier alpha value is -3.41. The minimum atomic E-state index is -0.588. The van der Waals surface area contributed by atoms with Crippen molar-refractivity contribution in [1.82, 2.24) is 9.80 Å². The molecular weight excluding hydrogens is 440 g/mol. The van der Waals surface area contributed by atoms with E-state index < -0.39 is 5.41 Å². The number of amides is 2. The van der Waals surface area contributed by atoms with Gasteiger partial charge in [-0.2, -0.15) is 0 Å². The molecule has 2 aromatic carbocycles. The number of aryl methyl sites for hydroxylation is 1. The number of carbonyl (C=O) groups excluding carboxylic acids is 2. The summed E-state index contributed by atoms with van der Waals surface area (Å²) in [5, 5.41) is 0.502. The molecule has 0 bridgehead atoms. The summed E-state index contributed by atoms with van der Waals surface area (Å²) in [6.07, 6.45) is 3.19. The van der Waals surface area contributed by atoms with E-state index in [2.05, 4.69) is 6.92 Å². The van der Waals surface area contributed by atoms with Crippen LogP contribution in [0.5, 0.6) is 0 Å². The van der Waals surface area contributed by atoms with Crippen LogP contribution >= 0.6 is 0 Å². The second-order valence-electron chi connectivity index (χ2n) is 10.2. The summed E-state index contributed by atoms with van der Waals surface area (Å²) in [5.74, 6) is -0.258. The second kappa shape index (κ2) is 11.3. The van der Waals surface area contributed by atoms with Gasteiger partial charge in [-0.25, -0.2) is 0 Å². The van der Waals surface area contributed by atoms with E-state index in [0.717, 1.165) is 24.0 Å². The van der Waals surface area contributed by atoms with Crippen molar-refractivity contribution in [3.05, 3.63) is 81.7 Å². The lowest BCUT2D eigenvalue weighted by Crippen LogP contribution is -2.46. The second-order valence-corrected chi connectivity index (χ2v) is 10.2. The fourth-order valence-electron chi connectivity index (χ4n) is 3.97. The van der Waals surface area contributed by atoms with Crippen molar-refractivity contribution in [3.63, 3.8) is 0 Å². The van der Waals surface area contributed by atoms with Gasteiger partial charge in [-0.1, -0.05) is 76.1 Å². The number of fused-ring (bicyclic) bond motifs is 1. The van der Waals surface area contributed by atoms with Crippen molar-refractivity contribution >= 4 is 22.8 Å². The normalized spacial score (nSPS) is 11.5. The summed E-state index contributed by atoms with van der Waals surface area (Å²) in [6.45, 7) is 10.5. The lowest BCUT2D eigenvalue weighted by Gasteiger charge is -2.31. The zero-order chi connectivity index (χ0) is 25.6. The highest BCUT2D eigenvalue weighted by atomic mass is 16.3. The van der Waals surface area contributed by atoms with Crippen LogP contribution in [-0.4, -0.2) is 34.7 Å². The number of hydrogen-bond donors (Lipinski definition) is 0. The first-order chi connectivity index (χ1) is 16.6. The van der Waals surface area contributed by atoms with Crippen LogP contribution in [0.1, 0.15) is 57.2 Å². The highest BCUT2D eigenvalue weighted by Gasteiger charge is 2.29. The minimum Gasteiger partial charge on any atom is -0.464 e. The molecule has 0 saturated heterocycles. The summed E-state index contributed by atoms with van der Waals surface area (Å²) in [7, 11) is 0. The summed E-state index contributed by atoms with van der Waals surface area (Å²) < 4.78 is 5.72. The van der Waals surface area contributed by atoms with Gasteiger partial charge in [0.2, 0.25) is 11.8 Å². The Morgan fingerprint density at radius 3 is 2.34 bits per heavy atom. The van der Waals surface area contributed by atoms with E-state index in [4.69, 9.17) is 4.42 Å². The van der Waals surface area contributed by atoms with E-state index >= 15 is 0 Å². The quantitative estimate of drug-likeness (QED) is 0.420. The van der Waals surface area contributed by atoms with E-state index in [1.165, 1.54) is 6.26 Å². The molecule has 0 radical (unpaired) electrons. The van der Waals surface area contributed by atoms with Crippen LogP contribution < -0.4 is 5.43 Å². The van der Waals surface area contributed by atoms with Gasteiger partial charge < -0.3 is 14.2 Å². The van der Waals surface area contributed by atoms with Crippen molar-refractivity contribution < 1.29 is 14.0 Å². The third-order valence-corrected chi connectivity index (χ3v) is 5.97. The van der Waals surface area contributed by atoms with Gasteiger partial charge in [0.15, 0.2) is 5.43 Å². The van der Waals surface area contributed by atoms with Crippen LogP contribution in [0.2, 0.25) is 0 Å². The fourth-order valence-corrected chi connectivity index (χ4v) is 3.97.